The van der Waals surface area contributed by atoms with Crippen LogP contribution in [0.15, 0.2) is 29.2 Å². The Hall–Kier alpha value is -1.55. The third-order valence-electron chi connectivity index (χ3n) is 4.06. The summed E-state index contributed by atoms with van der Waals surface area (Å²) in [6.45, 7) is 2.19. The molecular formula is C16H22N4O3S2. The second-order valence-corrected chi connectivity index (χ2v) is 8.60. The Kier molecular flexibility index (Phi) is 6.00. The van der Waals surface area contributed by atoms with Gasteiger partial charge in [-0.25, -0.2) is 13.4 Å². The van der Waals surface area contributed by atoms with Gasteiger partial charge in [0.15, 0.2) is 5.82 Å². The molecule has 0 saturated carbocycles. The van der Waals surface area contributed by atoms with Crippen molar-refractivity contribution in [1.29, 1.82) is 0 Å². The van der Waals surface area contributed by atoms with E-state index in [1.165, 1.54) is 11.5 Å². The Balaban J connectivity index is 1.61. The summed E-state index contributed by atoms with van der Waals surface area (Å²) in [5.74, 6) is 0.651. The molecule has 2 aromatic rings. The second-order valence-electron chi connectivity index (χ2n) is 5.91. The number of hydrogen-bond acceptors (Lipinski definition) is 7. The van der Waals surface area contributed by atoms with Crippen molar-refractivity contribution < 1.29 is 13.2 Å². The van der Waals surface area contributed by atoms with Crippen molar-refractivity contribution in [3.63, 3.8) is 0 Å². The third-order valence-corrected chi connectivity index (χ3v) is 6.68. The molecule has 0 amide bonds. The van der Waals surface area contributed by atoms with Gasteiger partial charge in [-0.3, -0.25) is 0 Å². The first-order valence-electron chi connectivity index (χ1n) is 8.24. The fraction of sp³-hybridized carbons (Fsp3) is 0.500. The number of methoxy groups -OCH3 is 1. The Morgan fingerprint density at radius 1 is 1.20 bits per heavy atom. The standard InChI is InChI=1S/C16H22N4O3S2/c1-23-12-15-18-16(24-19-15)17-11-13-5-7-14(8-6-13)25(21,22)20-9-3-2-4-10-20/h5-8H,2-4,9-12H2,1H3,(H,17,18,19). The van der Waals surface area contributed by atoms with Crippen LogP contribution in [0.3, 0.4) is 0 Å². The number of ether oxygens (including phenoxy) is 1. The first-order valence-corrected chi connectivity index (χ1v) is 10.5. The van der Waals surface area contributed by atoms with Gasteiger partial charge in [-0.1, -0.05) is 18.6 Å². The van der Waals surface area contributed by atoms with Crippen LogP contribution in [0.1, 0.15) is 30.7 Å². The van der Waals surface area contributed by atoms with E-state index in [9.17, 15) is 8.42 Å². The number of aromatic nitrogens is 2. The molecule has 1 aliphatic rings. The number of piperidine rings is 1. The van der Waals surface area contributed by atoms with Crippen molar-refractivity contribution in [2.45, 2.75) is 37.3 Å². The summed E-state index contributed by atoms with van der Waals surface area (Å²) in [6.07, 6.45) is 2.98. The molecule has 9 heteroatoms. The molecule has 25 heavy (non-hydrogen) atoms. The predicted molar refractivity (Wildman–Crippen MR) is 97.0 cm³/mol. The van der Waals surface area contributed by atoms with E-state index < -0.39 is 10.0 Å². The van der Waals surface area contributed by atoms with Crippen molar-refractivity contribution in [1.82, 2.24) is 13.7 Å². The van der Waals surface area contributed by atoms with Gasteiger partial charge in [0.2, 0.25) is 15.2 Å². The number of nitrogens with one attached hydrogen (secondary N) is 1. The maximum atomic E-state index is 12.6. The zero-order valence-corrected chi connectivity index (χ0v) is 15.8. The van der Waals surface area contributed by atoms with Gasteiger partial charge in [-0.15, -0.1) is 0 Å². The molecule has 1 fully saturated rings. The molecule has 0 aliphatic carbocycles. The fourth-order valence-corrected chi connectivity index (χ4v) is 4.81. The van der Waals surface area contributed by atoms with Gasteiger partial charge in [0.1, 0.15) is 6.61 Å². The molecule has 1 aliphatic heterocycles. The molecule has 3 rings (SSSR count). The van der Waals surface area contributed by atoms with E-state index in [2.05, 4.69) is 14.7 Å². The highest BCUT2D eigenvalue weighted by atomic mass is 32.2. The van der Waals surface area contributed by atoms with Crippen molar-refractivity contribution in [3.05, 3.63) is 35.7 Å². The maximum absolute atomic E-state index is 12.6. The van der Waals surface area contributed by atoms with Gasteiger partial charge in [-0.2, -0.15) is 8.68 Å². The highest BCUT2D eigenvalue weighted by molar-refractivity contribution is 7.89. The Morgan fingerprint density at radius 2 is 1.92 bits per heavy atom. The van der Waals surface area contributed by atoms with Crippen LogP contribution in [0, 0.1) is 0 Å². The summed E-state index contributed by atoms with van der Waals surface area (Å²) >= 11 is 1.28. The summed E-state index contributed by atoms with van der Waals surface area (Å²) in [4.78, 5) is 4.66. The number of anilines is 1. The number of benzene rings is 1. The summed E-state index contributed by atoms with van der Waals surface area (Å²) in [7, 11) is -1.77. The second kappa shape index (κ2) is 8.22. The molecule has 136 valence electrons. The third kappa shape index (κ3) is 4.55. The topological polar surface area (TPSA) is 84.4 Å². The summed E-state index contributed by atoms with van der Waals surface area (Å²) in [6, 6.07) is 7.02. The summed E-state index contributed by atoms with van der Waals surface area (Å²) < 4.78 is 36.0. The Bertz CT molecular complexity index is 784. The number of rotatable bonds is 7. The van der Waals surface area contributed by atoms with Crippen LogP contribution in [-0.4, -0.2) is 42.3 Å². The van der Waals surface area contributed by atoms with Crippen LogP contribution in [0.25, 0.3) is 0 Å². The minimum atomic E-state index is -3.37. The minimum absolute atomic E-state index is 0.358. The number of hydrogen-bond donors (Lipinski definition) is 1. The zero-order valence-electron chi connectivity index (χ0n) is 14.1. The van der Waals surface area contributed by atoms with Gasteiger partial charge in [0, 0.05) is 38.3 Å². The van der Waals surface area contributed by atoms with E-state index in [4.69, 9.17) is 4.74 Å². The van der Waals surface area contributed by atoms with Crippen LogP contribution in [0.5, 0.6) is 0 Å². The molecule has 2 heterocycles. The van der Waals surface area contributed by atoms with E-state index >= 15 is 0 Å². The lowest BCUT2D eigenvalue weighted by atomic mass is 10.2. The Morgan fingerprint density at radius 3 is 2.60 bits per heavy atom. The fourth-order valence-electron chi connectivity index (χ4n) is 2.72. The molecular weight excluding hydrogens is 360 g/mol. The molecule has 0 unspecified atom stereocenters. The van der Waals surface area contributed by atoms with Crippen LogP contribution in [0.4, 0.5) is 5.13 Å². The van der Waals surface area contributed by atoms with Gasteiger partial charge < -0.3 is 10.1 Å². The van der Waals surface area contributed by atoms with Gasteiger partial charge in [0.25, 0.3) is 0 Å². The first-order chi connectivity index (χ1) is 12.1. The molecule has 1 N–H and O–H groups in total. The van der Waals surface area contributed by atoms with Gasteiger partial charge in [-0.05, 0) is 30.5 Å². The highest BCUT2D eigenvalue weighted by Gasteiger charge is 2.25. The predicted octanol–water partition coefficient (Wildman–Crippen LogP) is 2.47. The van der Waals surface area contributed by atoms with Gasteiger partial charge >= 0.3 is 0 Å². The van der Waals surface area contributed by atoms with Crippen molar-refractivity contribution in [2.24, 2.45) is 0 Å². The normalized spacial score (nSPS) is 16.0. The largest absolute Gasteiger partial charge is 0.377 e. The average molecular weight is 383 g/mol. The molecule has 1 aromatic heterocycles. The lowest BCUT2D eigenvalue weighted by molar-refractivity contribution is 0.179. The van der Waals surface area contributed by atoms with Crippen LogP contribution < -0.4 is 5.32 Å². The Labute approximate surface area is 152 Å². The minimum Gasteiger partial charge on any atom is -0.377 e. The maximum Gasteiger partial charge on any atom is 0.243 e. The monoisotopic (exact) mass is 382 g/mol. The molecule has 0 atom stereocenters. The van der Waals surface area contributed by atoms with Gasteiger partial charge in [0.05, 0.1) is 4.90 Å². The van der Waals surface area contributed by atoms with Crippen molar-refractivity contribution in [2.75, 3.05) is 25.5 Å². The number of sulfonamides is 1. The average Bonchev–Trinajstić information content (AvgIpc) is 3.09. The lowest BCUT2D eigenvalue weighted by Crippen LogP contribution is -2.35. The molecule has 7 nitrogen and oxygen atoms in total. The van der Waals surface area contributed by atoms with Crippen molar-refractivity contribution >= 4 is 26.7 Å². The van der Waals surface area contributed by atoms with Crippen molar-refractivity contribution in [3.8, 4) is 0 Å². The first kappa shape index (κ1) is 18.2. The van der Waals surface area contributed by atoms with E-state index in [1.807, 2.05) is 12.1 Å². The summed E-state index contributed by atoms with van der Waals surface area (Å²) in [5.41, 5.74) is 0.987. The highest BCUT2D eigenvalue weighted by Crippen LogP contribution is 2.21. The summed E-state index contributed by atoms with van der Waals surface area (Å²) in [5, 5.41) is 3.91. The molecule has 0 bridgehead atoms. The van der Waals surface area contributed by atoms with Crippen LogP contribution in [-0.2, 0) is 27.9 Å². The van der Waals surface area contributed by atoms with Crippen LogP contribution in [0.2, 0.25) is 0 Å². The number of nitrogens with zero attached hydrogens (tertiary/aromatic N) is 3. The molecule has 0 radical (unpaired) electrons. The van der Waals surface area contributed by atoms with E-state index in [-0.39, 0.29) is 0 Å². The quantitative estimate of drug-likeness (QED) is 0.792. The molecule has 1 aromatic carbocycles. The smallest absolute Gasteiger partial charge is 0.243 e. The van der Waals surface area contributed by atoms with E-state index in [0.717, 1.165) is 30.0 Å². The van der Waals surface area contributed by atoms with E-state index in [1.54, 1.807) is 23.5 Å². The zero-order chi connectivity index (χ0) is 17.7. The van der Waals surface area contributed by atoms with Crippen LogP contribution >= 0.6 is 11.5 Å². The van der Waals surface area contributed by atoms with E-state index in [0.29, 0.717) is 37.0 Å². The molecule has 1 saturated heterocycles. The molecule has 0 spiro atoms. The SMILES string of the molecule is COCc1nsc(NCc2ccc(S(=O)(=O)N3CCCCC3)cc2)n1. The lowest BCUT2D eigenvalue weighted by Gasteiger charge is -2.25.